The van der Waals surface area contributed by atoms with E-state index >= 15 is 0 Å². The summed E-state index contributed by atoms with van der Waals surface area (Å²) in [6.07, 6.45) is 10.8. The van der Waals surface area contributed by atoms with Crippen molar-refractivity contribution in [2.24, 2.45) is 0 Å². The molecule has 0 bridgehead atoms. The lowest BCUT2D eigenvalue weighted by Crippen LogP contribution is -2.48. The number of benzene rings is 1. The van der Waals surface area contributed by atoms with Crippen molar-refractivity contribution < 1.29 is 4.79 Å². The molecule has 1 amide bonds. The van der Waals surface area contributed by atoms with Crippen LogP contribution in [0.2, 0.25) is 5.02 Å². The summed E-state index contributed by atoms with van der Waals surface area (Å²) in [4.78, 5) is 24.0. The van der Waals surface area contributed by atoms with Gasteiger partial charge in [-0.25, -0.2) is 0 Å². The lowest BCUT2D eigenvalue weighted by molar-refractivity contribution is -0.129. The van der Waals surface area contributed by atoms with Gasteiger partial charge in [0, 0.05) is 40.1 Å². The molecule has 6 heteroatoms. The van der Waals surface area contributed by atoms with E-state index in [1.807, 2.05) is 18.2 Å². The average Bonchev–Trinajstić information content (AvgIpc) is 2.82. The number of halogens is 1. The summed E-state index contributed by atoms with van der Waals surface area (Å²) < 4.78 is 0. The van der Waals surface area contributed by atoms with Gasteiger partial charge in [-0.15, -0.1) is 11.8 Å². The number of carbonyl (C=O) groups excluding carboxylic acids is 1. The molecule has 0 spiro atoms. The molecule has 3 heterocycles. The molecule has 1 aliphatic carbocycles. The first-order valence-corrected chi connectivity index (χ1v) is 13.3. The molecular formula is C25H32ClN3OS. The van der Waals surface area contributed by atoms with Gasteiger partial charge in [-0.2, -0.15) is 0 Å². The minimum atomic E-state index is 0.277. The maximum absolute atomic E-state index is 13.1. The van der Waals surface area contributed by atoms with Crippen LogP contribution in [-0.2, 0) is 17.6 Å². The first-order chi connectivity index (χ1) is 15.2. The molecule has 5 rings (SSSR count). The van der Waals surface area contributed by atoms with Crippen LogP contribution in [0.1, 0.15) is 56.2 Å². The number of hydrogen-bond donors (Lipinski definition) is 0. The molecule has 4 nitrogen and oxygen atoms in total. The number of nitrogens with zero attached hydrogens (tertiary/aromatic N) is 3. The fourth-order valence-electron chi connectivity index (χ4n) is 5.51. The number of amides is 1. The van der Waals surface area contributed by atoms with Crippen molar-refractivity contribution in [2.75, 3.05) is 31.9 Å². The van der Waals surface area contributed by atoms with E-state index in [4.69, 9.17) is 16.6 Å². The van der Waals surface area contributed by atoms with Crippen molar-refractivity contribution in [3.05, 3.63) is 34.5 Å². The SMILES string of the molecule is O=C(CSc1c2c(nc3ccc(Cl)cc13)CCCC2)N1CCC(N2CCCCC2)CC1. The highest BCUT2D eigenvalue weighted by molar-refractivity contribution is 8.00. The number of carbonyl (C=O) groups is 1. The molecule has 0 saturated carbocycles. The summed E-state index contributed by atoms with van der Waals surface area (Å²) >= 11 is 8.02. The Balaban J connectivity index is 1.26. The monoisotopic (exact) mass is 457 g/mol. The van der Waals surface area contributed by atoms with E-state index in [0.717, 1.165) is 54.7 Å². The average molecular weight is 458 g/mol. The second kappa shape index (κ2) is 9.68. The topological polar surface area (TPSA) is 36.4 Å². The second-order valence-electron chi connectivity index (χ2n) is 9.23. The Morgan fingerprint density at radius 1 is 1.03 bits per heavy atom. The van der Waals surface area contributed by atoms with Crippen molar-refractivity contribution in [1.29, 1.82) is 0 Å². The van der Waals surface area contributed by atoms with E-state index in [1.165, 1.54) is 61.3 Å². The number of rotatable bonds is 4. The number of pyridine rings is 1. The molecule has 3 aliphatic rings. The number of piperidine rings is 2. The zero-order chi connectivity index (χ0) is 21.2. The maximum Gasteiger partial charge on any atom is 0.232 e. The molecule has 2 fully saturated rings. The molecule has 166 valence electrons. The van der Waals surface area contributed by atoms with Crippen molar-refractivity contribution in [1.82, 2.24) is 14.8 Å². The molecule has 0 unspecified atom stereocenters. The summed E-state index contributed by atoms with van der Waals surface area (Å²) in [6, 6.07) is 6.63. The van der Waals surface area contributed by atoms with Crippen molar-refractivity contribution in [2.45, 2.75) is 68.7 Å². The van der Waals surface area contributed by atoms with E-state index in [-0.39, 0.29) is 5.91 Å². The van der Waals surface area contributed by atoms with Crippen LogP contribution in [-0.4, -0.2) is 58.7 Å². The fraction of sp³-hybridized carbons (Fsp3) is 0.600. The third-order valence-electron chi connectivity index (χ3n) is 7.24. The lowest BCUT2D eigenvalue weighted by atomic mass is 9.94. The van der Waals surface area contributed by atoms with Gasteiger partial charge in [0.2, 0.25) is 5.91 Å². The number of thioether (sulfide) groups is 1. The quantitative estimate of drug-likeness (QED) is 0.581. The molecule has 0 radical (unpaired) electrons. The molecule has 0 N–H and O–H groups in total. The van der Waals surface area contributed by atoms with Crippen LogP contribution < -0.4 is 0 Å². The third kappa shape index (κ3) is 4.74. The number of aryl methyl sites for hydroxylation is 1. The minimum Gasteiger partial charge on any atom is -0.342 e. The lowest BCUT2D eigenvalue weighted by Gasteiger charge is -2.40. The summed E-state index contributed by atoms with van der Waals surface area (Å²) in [7, 11) is 0. The molecule has 1 aromatic heterocycles. The molecule has 2 saturated heterocycles. The Bertz CT molecular complexity index is 951. The Hall–Kier alpha value is -1.30. The standard InChI is InChI=1S/C25H32ClN3OS/c26-18-8-9-23-21(16-18)25(20-6-2-3-7-22(20)27-23)31-17-24(30)29-14-10-19(11-15-29)28-12-4-1-5-13-28/h8-9,16,19H,1-7,10-15,17H2. The Morgan fingerprint density at radius 3 is 2.61 bits per heavy atom. The Kier molecular flexibility index (Phi) is 6.73. The maximum atomic E-state index is 13.1. The largest absolute Gasteiger partial charge is 0.342 e. The first-order valence-electron chi connectivity index (χ1n) is 11.9. The van der Waals surface area contributed by atoms with Crippen LogP contribution in [0, 0.1) is 0 Å². The van der Waals surface area contributed by atoms with Crippen molar-refractivity contribution in [3.8, 4) is 0 Å². The van der Waals surface area contributed by atoms with Crippen molar-refractivity contribution >= 4 is 40.2 Å². The predicted molar refractivity (Wildman–Crippen MR) is 129 cm³/mol. The molecule has 0 atom stereocenters. The van der Waals surface area contributed by atoms with Gasteiger partial charge in [0.25, 0.3) is 0 Å². The van der Waals surface area contributed by atoms with E-state index in [0.29, 0.717) is 11.8 Å². The summed E-state index contributed by atoms with van der Waals surface area (Å²) in [5.41, 5.74) is 3.57. The van der Waals surface area contributed by atoms with Crippen LogP contribution in [0.5, 0.6) is 0 Å². The minimum absolute atomic E-state index is 0.277. The van der Waals surface area contributed by atoms with E-state index in [1.54, 1.807) is 11.8 Å². The van der Waals surface area contributed by atoms with Gasteiger partial charge >= 0.3 is 0 Å². The van der Waals surface area contributed by atoms with Gasteiger partial charge in [-0.1, -0.05) is 18.0 Å². The highest BCUT2D eigenvalue weighted by Gasteiger charge is 2.28. The summed E-state index contributed by atoms with van der Waals surface area (Å²) in [5.74, 6) is 0.783. The third-order valence-corrected chi connectivity index (χ3v) is 8.62. The number of hydrogen-bond acceptors (Lipinski definition) is 4. The van der Waals surface area contributed by atoms with Gasteiger partial charge in [-0.3, -0.25) is 9.78 Å². The van der Waals surface area contributed by atoms with Crippen molar-refractivity contribution in [3.63, 3.8) is 0 Å². The van der Waals surface area contributed by atoms with Crippen LogP contribution in [0.25, 0.3) is 10.9 Å². The van der Waals surface area contributed by atoms with Gasteiger partial charge in [0.1, 0.15) is 0 Å². The molecule has 31 heavy (non-hydrogen) atoms. The predicted octanol–water partition coefficient (Wildman–Crippen LogP) is 5.34. The summed E-state index contributed by atoms with van der Waals surface area (Å²) in [6.45, 7) is 4.30. The molecule has 2 aliphatic heterocycles. The van der Waals surface area contributed by atoms with E-state index in [2.05, 4.69) is 9.80 Å². The van der Waals surface area contributed by atoms with Gasteiger partial charge < -0.3 is 9.80 Å². The van der Waals surface area contributed by atoms with Gasteiger partial charge in [0.05, 0.1) is 11.3 Å². The Morgan fingerprint density at radius 2 is 1.81 bits per heavy atom. The molecule has 2 aromatic rings. The Labute approximate surface area is 194 Å². The zero-order valence-corrected chi connectivity index (χ0v) is 19.8. The second-order valence-corrected chi connectivity index (χ2v) is 10.7. The number of fused-ring (bicyclic) bond motifs is 2. The normalized spacial score (nSPS) is 20.7. The highest BCUT2D eigenvalue weighted by Crippen LogP contribution is 2.37. The zero-order valence-electron chi connectivity index (χ0n) is 18.2. The van der Waals surface area contributed by atoms with Gasteiger partial charge in [-0.05, 0) is 88.2 Å². The molecule has 1 aromatic carbocycles. The van der Waals surface area contributed by atoms with E-state index < -0.39 is 0 Å². The van der Waals surface area contributed by atoms with Crippen LogP contribution in [0.4, 0.5) is 0 Å². The highest BCUT2D eigenvalue weighted by atomic mass is 35.5. The molecular weight excluding hydrogens is 426 g/mol. The first kappa shape index (κ1) is 21.5. The van der Waals surface area contributed by atoms with Crippen LogP contribution in [0.3, 0.4) is 0 Å². The van der Waals surface area contributed by atoms with Gasteiger partial charge in [0.15, 0.2) is 0 Å². The number of likely N-dealkylation sites (tertiary alicyclic amines) is 2. The fourth-order valence-corrected chi connectivity index (χ4v) is 6.84. The summed E-state index contributed by atoms with van der Waals surface area (Å²) in [5, 5.41) is 1.84. The smallest absolute Gasteiger partial charge is 0.232 e. The van der Waals surface area contributed by atoms with E-state index in [9.17, 15) is 4.79 Å². The van der Waals surface area contributed by atoms with Crippen LogP contribution >= 0.6 is 23.4 Å². The van der Waals surface area contributed by atoms with Crippen LogP contribution in [0.15, 0.2) is 23.1 Å². The number of aromatic nitrogens is 1.